The molecule has 80 valence electrons. The molecule has 0 aromatic rings. The van der Waals surface area contributed by atoms with E-state index in [4.69, 9.17) is 0 Å². The topological polar surface area (TPSA) is 72.5 Å². The number of ether oxygens (including phenoxy) is 1. The van der Waals surface area contributed by atoms with Gasteiger partial charge in [0.15, 0.2) is 0 Å². The van der Waals surface area contributed by atoms with Crippen LogP contribution in [0.5, 0.6) is 0 Å². The Morgan fingerprint density at radius 1 is 1.29 bits per heavy atom. The first kappa shape index (κ1) is 12.6. The summed E-state index contributed by atoms with van der Waals surface area (Å²) in [5, 5.41) is 2.42. The fraction of sp³-hybridized carbons (Fsp3) is 0.667. The van der Waals surface area contributed by atoms with E-state index in [9.17, 15) is 14.4 Å². The lowest BCUT2D eigenvalue weighted by atomic mass is 10.1. The van der Waals surface area contributed by atoms with Crippen LogP contribution in [0.15, 0.2) is 0 Å². The van der Waals surface area contributed by atoms with E-state index in [2.05, 4.69) is 10.1 Å². The van der Waals surface area contributed by atoms with Gasteiger partial charge in [-0.15, -0.1) is 0 Å². The summed E-state index contributed by atoms with van der Waals surface area (Å²) in [4.78, 5) is 32.5. The number of carbonyl (C=O) groups excluding carboxylic acids is 3. The van der Waals surface area contributed by atoms with Crippen LogP contribution in [-0.4, -0.2) is 30.8 Å². The smallest absolute Gasteiger partial charge is 0.328 e. The highest BCUT2D eigenvalue weighted by Crippen LogP contribution is 2.00. The SMILES string of the molecule is COC(=O)[C@H](CCC(C)=O)NC(C)=O. The molecule has 5 nitrogen and oxygen atoms in total. The van der Waals surface area contributed by atoms with E-state index in [1.165, 1.54) is 21.0 Å². The number of nitrogens with one attached hydrogen (secondary N) is 1. The zero-order valence-electron chi connectivity index (χ0n) is 8.62. The van der Waals surface area contributed by atoms with Gasteiger partial charge in [-0.25, -0.2) is 4.79 Å². The summed E-state index contributed by atoms with van der Waals surface area (Å²) in [5.74, 6) is -0.866. The van der Waals surface area contributed by atoms with Gasteiger partial charge in [-0.2, -0.15) is 0 Å². The van der Waals surface area contributed by atoms with Crippen molar-refractivity contribution in [2.45, 2.75) is 32.7 Å². The van der Waals surface area contributed by atoms with Gasteiger partial charge in [0.05, 0.1) is 7.11 Å². The third-order valence-electron chi connectivity index (χ3n) is 1.65. The van der Waals surface area contributed by atoms with E-state index in [1.807, 2.05) is 0 Å². The Hall–Kier alpha value is -1.39. The number of hydrogen-bond acceptors (Lipinski definition) is 4. The minimum Gasteiger partial charge on any atom is -0.467 e. The van der Waals surface area contributed by atoms with Crippen molar-refractivity contribution in [2.75, 3.05) is 7.11 Å². The average molecular weight is 201 g/mol. The molecule has 0 aromatic heterocycles. The maximum absolute atomic E-state index is 11.1. The van der Waals surface area contributed by atoms with E-state index >= 15 is 0 Å². The molecular weight excluding hydrogens is 186 g/mol. The van der Waals surface area contributed by atoms with Crippen LogP contribution in [-0.2, 0) is 19.1 Å². The van der Waals surface area contributed by atoms with Crippen molar-refractivity contribution in [3.05, 3.63) is 0 Å². The van der Waals surface area contributed by atoms with Gasteiger partial charge in [-0.3, -0.25) is 4.79 Å². The third kappa shape index (κ3) is 5.29. The molecule has 1 N–H and O–H groups in total. The van der Waals surface area contributed by atoms with E-state index in [-0.39, 0.29) is 24.5 Å². The molecule has 0 rings (SSSR count). The normalized spacial score (nSPS) is 11.6. The standard InChI is InChI=1S/C9H15NO4/c1-6(11)4-5-8(9(13)14-3)10-7(2)12/h8H,4-5H2,1-3H3,(H,10,12)/t8-/m0/s1. The summed E-state index contributed by atoms with van der Waals surface area (Å²) < 4.78 is 4.48. The maximum Gasteiger partial charge on any atom is 0.328 e. The van der Waals surface area contributed by atoms with Crippen molar-refractivity contribution in [1.29, 1.82) is 0 Å². The van der Waals surface area contributed by atoms with E-state index < -0.39 is 12.0 Å². The molecule has 1 amide bonds. The molecule has 0 saturated carbocycles. The second kappa shape index (κ2) is 6.12. The van der Waals surface area contributed by atoms with E-state index in [1.54, 1.807) is 0 Å². The molecule has 0 radical (unpaired) electrons. The van der Waals surface area contributed by atoms with Crippen LogP contribution < -0.4 is 5.32 Å². The quantitative estimate of drug-likeness (QED) is 0.637. The van der Waals surface area contributed by atoms with Gasteiger partial charge in [0, 0.05) is 13.3 Å². The van der Waals surface area contributed by atoms with E-state index in [0.29, 0.717) is 0 Å². The summed E-state index contributed by atoms with van der Waals surface area (Å²) in [5.41, 5.74) is 0. The third-order valence-corrected chi connectivity index (χ3v) is 1.65. The van der Waals surface area contributed by atoms with Gasteiger partial charge in [-0.05, 0) is 13.3 Å². The lowest BCUT2D eigenvalue weighted by molar-refractivity contribution is -0.145. The highest BCUT2D eigenvalue weighted by Gasteiger charge is 2.19. The predicted molar refractivity (Wildman–Crippen MR) is 49.5 cm³/mol. The summed E-state index contributed by atoms with van der Waals surface area (Å²) >= 11 is 0. The second-order valence-electron chi connectivity index (χ2n) is 3.02. The van der Waals surface area contributed by atoms with Gasteiger partial charge >= 0.3 is 5.97 Å². The lowest BCUT2D eigenvalue weighted by Crippen LogP contribution is -2.40. The Kier molecular flexibility index (Phi) is 5.52. The summed E-state index contributed by atoms with van der Waals surface area (Å²) in [6.45, 7) is 2.74. The molecule has 0 spiro atoms. The monoisotopic (exact) mass is 201 g/mol. The molecular formula is C9H15NO4. The Labute approximate surface area is 82.8 Å². The van der Waals surface area contributed by atoms with Crippen LogP contribution in [0, 0.1) is 0 Å². The number of Topliss-reactive ketones (excluding diaryl/α,β-unsaturated/α-hetero) is 1. The molecule has 0 aromatic carbocycles. The number of hydrogen-bond donors (Lipinski definition) is 1. The minimum absolute atomic E-state index is 0.0238. The molecule has 0 unspecified atom stereocenters. The van der Waals surface area contributed by atoms with Crippen molar-refractivity contribution in [3.8, 4) is 0 Å². The van der Waals surface area contributed by atoms with E-state index in [0.717, 1.165) is 0 Å². The lowest BCUT2D eigenvalue weighted by Gasteiger charge is -2.14. The highest BCUT2D eigenvalue weighted by atomic mass is 16.5. The van der Waals surface area contributed by atoms with Crippen molar-refractivity contribution >= 4 is 17.7 Å². The largest absolute Gasteiger partial charge is 0.467 e. The molecule has 0 saturated heterocycles. The second-order valence-corrected chi connectivity index (χ2v) is 3.02. The fourth-order valence-electron chi connectivity index (χ4n) is 0.984. The molecule has 5 heteroatoms. The first-order valence-electron chi connectivity index (χ1n) is 4.31. The van der Waals surface area contributed by atoms with Crippen molar-refractivity contribution in [1.82, 2.24) is 5.32 Å². The first-order valence-corrected chi connectivity index (χ1v) is 4.31. The van der Waals surface area contributed by atoms with Gasteiger partial charge in [0.1, 0.15) is 11.8 Å². The maximum atomic E-state index is 11.1. The number of amides is 1. The van der Waals surface area contributed by atoms with Crippen LogP contribution in [0.1, 0.15) is 26.7 Å². The van der Waals surface area contributed by atoms with Crippen molar-refractivity contribution in [3.63, 3.8) is 0 Å². The average Bonchev–Trinajstić information content (AvgIpc) is 2.10. The van der Waals surface area contributed by atoms with Crippen LogP contribution >= 0.6 is 0 Å². The summed E-state index contributed by atoms with van der Waals surface area (Å²) in [6.07, 6.45) is 0.529. The Morgan fingerprint density at radius 2 is 1.86 bits per heavy atom. The van der Waals surface area contributed by atoms with Crippen LogP contribution in [0.3, 0.4) is 0 Å². The fourth-order valence-corrected chi connectivity index (χ4v) is 0.984. The first-order chi connectivity index (χ1) is 6.47. The number of ketones is 1. The predicted octanol–water partition coefficient (Wildman–Crippen LogP) is 0.0333. The minimum atomic E-state index is -0.721. The number of methoxy groups -OCH3 is 1. The Bertz CT molecular complexity index is 237. The molecule has 0 aliphatic carbocycles. The Morgan fingerprint density at radius 3 is 2.21 bits per heavy atom. The van der Waals surface area contributed by atoms with Crippen LogP contribution in [0.25, 0.3) is 0 Å². The molecule has 0 aliphatic heterocycles. The van der Waals surface area contributed by atoms with Crippen molar-refractivity contribution < 1.29 is 19.1 Å². The number of carbonyl (C=O) groups is 3. The zero-order valence-corrected chi connectivity index (χ0v) is 8.62. The number of rotatable bonds is 5. The number of esters is 1. The van der Waals surface area contributed by atoms with Crippen LogP contribution in [0.2, 0.25) is 0 Å². The van der Waals surface area contributed by atoms with Gasteiger partial charge in [0.25, 0.3) is 0 Å². The summed E-state index contributed by atoms with van der Waals surface area (Å²) in [7, 11) is 1.24. The Balaban J connectivity index is 4.17. The van der Waals surface area contributed by atoms with Crippen LogP contribution in [0.4, 0.5) is 0 Å². The van der Waals surface area contributed by atoms with Gasteiger partial charge < -0.3 is 14.8 Å². The molecule has 0 fully saturated rings. The molecule has 1 atom stereocenters. The van der Waals surface area contributed by atoms with Crippen molar-refractivity contribution in [2.24, 2.45) is 0 Å². The molecule has 0 heterocycles. The highest BCUT2D eigenvalue weighted by molar-refractivity contribution is 5.84. The van der Waals surface area contributed by atoms with Gasteiger partial charge in [0.2, 0.25) is 5.91 Å². The molecule has 0 bridgehead atoms. The molecule has 0 aliphatic rings. The molecule has 14 heavy (non-hydrogen) atoms. The van der Waals surface area contributed by atoms with Gasteiger partial charge in [-0.1, -0.05) is 0 Å². The summed E-state index contributed by atoms with van der Waals surface area (Å²) in [6, 6.07) is -0.721. The zero-order chi connectivity index (χ0) is 11.1.